The van der Waals surface area contributed by atoms with Gasteiger partial charge in [-0.25, -0.2) is 0 Å². The van der Waals surface area contributed by atoms with Crippen molar-refractivity contribution in [1.82, 2.24) is 0 Å². The average Bonchev–Trinajstić information content (AvgIpc) is 2.93. The summed E-state index contributed by atoms with van der Waals surface area (Å²) in [5, 5.41) is 83.9. The maximum absolute atomic E-state index is 13.4. The zero-order valence-electron chi connectivity index (χ0n) is 21.1. The minimum absolute atomic E-state index is 0.00315. The Balaban J connectivity index is 1.59. The van der Waals surface area contributed by atoms with Crippen LogP contribution in [0.25, 0.3) is 22.3 Å². The fourth-order valence-electron chi connectivity index (χ4n) is 5.70. The maximum Gasteiger partial charge on any atom is 0.305 e. The summed E-state index contributed by atoms with van der Waals surface area (Å²) in [4.78, 5) is 13.4. The third-order valence-electron chi connectivity index (χ3n) is 7.58. The Labute approximate surface area is 234 Å². The van der Waals surface area contributed by atoms with Crippen LogP contribution in [-0.2, 0) is 5.79 Å². The second-order valence-electron chi connectivity index (χ2n) is 10.0. The third-order valence-corrected chi connectivity index (χ3v) is 7.58. The summed E-state index contributed by atoms with van der Waals surface area (Å²) >= 11 is 0. The Bertz CT molecular complexity index is 2010. The fraction of sp³-hybridized carbons (Fsp3) is 0.100. The fourth-order valence-corrected chi connectivity index (χ4v) is 5.70. The number of phenols is 6. The van der Waals surface area contributed by atoms with E-state index in [0.717, 1.165) is 24.3 Å². The minimum atomic E-state index is -2.03. The lowest BCUT2D eigenvalue weighted by molar-refractivity contribution is -0.218. The Kier molecular flexibility index (Phi) is 5.03. The number of aromatic hydroxyl groups is 7. The van der Waals surface area contributed by atoms with Crippen LogP contribution < -0.4 is 14.9 Å². The second-order valence-corrected chi connectivity index (χ2v) is 10.0. The molecule has 1 aromatic heterocycles. The van der Waals surface area contributed by atoms with Gasteiger partial charge in [0.1, 0.15) is 51.6 Å². The van der Waals surface area contributed by atoms with E-state index in [1.54, 1.807) is 0 Å². The van der Waals surface area contributed by atoms with Crippen molar-refractivity contribution in [3.63, 3.8) is 0 Å². The molecule has 7 rings (SSSR count). The van der Waals surface area contributed by atoms with Crippen molar-refractivity contribution >= 4 is 11.0 Å². The molecule has 8 N–H and O–H groups in total. The van der Waals surface area contributed by atoms with Gasteiger partial charge in [0.05, 0.1) is 5.92 Å². The van der Waals surface area contributed by atoms with Crippen molar-refractivity contribution in [2.75, 3.05) is 0 Å². The molecule has 4 aromatic carbocycles. The van der Waals surface area contributed by atoms with E-state index in [1.165, 1.54) is 36.4 Å². The summed E-state index contributed by atoms with van der Waals surface area (Å²) in [6, 6.07) is 12.3. The molecule has 2 aliphatic heterocycles. The van der Waals surface area contributed by atoms with Crippen molar-refractivity contribution in [1.29, 1.82) is 0 Å². The van der Waals surface area contributed by atoms with E-state index >= 15 is 0 Å². The second kappa shape index (κ2) is 8.38. The minimum Gasteiger partial charge on any atom is -0.508 e. The highest BCUT2D eigenvalue weighted by Crippen LogP contribution is 2.60. The van der Waals surface area contributed by atoms with Crippen LogP contribution in [0.3, 0.4) is 0 Å². The van der Waals surface area contributed by atoms with E-state index in [0.29, 0.717) is 0 Å². The lowest BCUT2D eigenvalue weighted by atomic mass is 9.75. The van der Waals surface area contributed by atoms with Crippen LogP contribution in [0.4, 0.5) is 0 Å². The van der Waals surface area contributed by atoms with Crippen LogP contribution >= 0.6 is 0 Å². The van der Waals surface area contributed by atoms with E-state index in [9.17, 15) is 45.6 Å². The van der Waals surface area contributed by atoms with Gasteiger partial charge in [-0.3, -0.25) is 4.79 Å². The standard InChI is InChI=1S/C30H20O12/c31-13-4-2-12(3-5-13)30-29(39)24(21-17(35)8-14(32)9-19(21)41-30)23-20(42-30)10-18(36)22-25(37)26(38)27(40-28(22)23)11-1-6-15(33)16(34)7-11/h1-10,24,29,31-36,38-39H/t24-,29-,30+/m0/s1. The van der Waals surface area contributed by atoms with Crippen molar-refractivity contribution < 1.29 is 54.7 Å². The first kappa shape index (κ1) is 25.2. The lowest BCUT2D eigenvalue weighted by Gasteiger charge is -2.49. The molecular formula is C30H20O12. The summed E-state index contributed by atoms with van der Waals surface area (Å²) in [7, 11) is 0. The first-order valence-corrected chi connectivity index (χ1v) is 12.5. The normalized spacial score (nSPS) is 20.3. The van der Waals surface area contributed by atoms with Gasteiger partial charge in [-0.05, 0) is 42.5 Å². The van der Waals surface area contributed by atoms with Crippen LogP contribution in [-0.4, -0.2) is 47.0 Å². The SMILES string of the molecule is O=c1c(O)c(-c2ccc(O)c(O)c2)oc2c3c(cc(O)c12)O[C@@]1(c2ccc(O)cc2)Oc2cc(O)cc(O)c2[C@@H]3[C@@H]1O. The van der Waals surface area contributed by atoms with Crippen LogP contribution in [0.15, 0.2) is 69.9 Å². The van der Waals surface area contributed by atoms with Gasteiger partial charge in [0.25, 0.3) is 0 Å². The highest BCUT2D eigenvalue weighted by molar-refractivity contribution is 5.92. The zero-order chi connectivity index (χ0) is 29.7. The molecule has 12 nitrogen and oxygen atoms in total. The molecule has 0 saturated heterocycles. The molecule has 5 aromatic rings. The smallest absolute Gasteiger partial charge is 0.305 e. The number of aliphatic hydroxyl groups is 1. The Morgan fingerprint density at radius 3 is 2.05 bits per heavy atom. The van der Waals surface area contributed by atoms with Crippen molar-refractivity contribution in [3.8, 4) is 63.1 Å². The molecule has 0 fully saturated rings. The molecule has 3 heterocycles. The number of aliphatic hydroxyl groups excluding tert-OH is 1. The van der Waals surface area contributed by atoms with E-state index < -0.39 is 63.1 Å². The van der Waals surface area contributed by atoms with Gasteiger partial charge in [0.15, 0.2) is 17.3 Å². The maximum atomic E-state index is 13.4. The molecule has 0 radical (unpaired) electrons. The molecule has 2 aliphatic rings. The number of rotatable bonds is 2. The monoisotopic (exact) mass is 572 g/mol. The predicted molar refractivity (Wildman–Crippen MR) is 143 cm³/mol. The molecule has 3 atom stereocenters. The largest absolute Gasteiger partial charge is 0.508 e. The summed E-state index contributed by atoms with van der Waals surface area (Å²) in [6.07, 6.45) is -1.65. The van der Waals surface area contributed by atoms with Crippen LogP contribution in [0.1, 0.15) is 22.6 Å². The lowest BCUT2D eigenvalue weighted by Crippen LogP contribution is -2.57. The molecular weight excluding hydrogens is 552 g/mol. The first-order valence-electron chi connectivity index (χ1n) is 12.5. The summed E-state index contributed by atoms with van der Waals surface area (Å²) in [5.74, 6) is -7.38. The van der Waals surface area contributed by atoms with E-state index in [4.69, 9.17) is 13.9 Å². The van der Waals surface area contributed by atoms with E-state index in [2.05, 4.69) is 0 Å². The molecule has 0 amide bonds. The molecule has 2 bridgehead atoms. The topological polar surface area (TPSA) is 211 Å². The number of phenolic OH excluding ortho intramolecular Hbond substituents is 6. The highest BCUT2D eigenvalue weighted by atomic mass is 16.7. The van der Waals surface area contributed by atoms with E-state index in [1.807, 2.05) is 0 Å². The number of hydrogen-bond acceptors (Lipinski definition) is 12. The zero-order valence-corrected chi connectivity index (χ0v) is 21.1. The number of hydrogen-bond donors (Lipinski definition) is 8. The van der Waals surface area contributed by atoms with Gasteiger partial charge < -0.3 is 54.7 Å². The summed E-state index contributed by atoms with van der Waals surface area (Å²) in [5.41, 5.74) is -1.15. The van der Waals surface area contributed by atoms with Gasteiger partial charge in [0.2, 0.25) is 11.2 Å². The van der Waals surface area contributed by atoms with Crippen LogP contribution in [0.5, 0.6) is 51.7 Å². The quantitative estimate of drug-likeness (QED) is 0.143. The van der Waals surface area contributed by atoms with Gasteiger partial charge in [-0.15, -0.1) is 0 Å². The van der Waals surface area contributed by atoms with Crippen LogP contribution in [0.2, 0.25) is 0 Å². The predicted octanol–water partition coefficient (Wildman–Crippen LogP) is 3.53. The van der Waals surface area contributed by atoms with Gasteiger partial charge in [-0.1, -0.05) is 0 Å². The van der Waals surface area contributed by atoms with Crippen molar-refractivity contribution in [2.24, 2.45) is 0 Å². The number of fused-ring (bicyclic) bond motifs is 8. The molecule has 0 saturated carbocycles. The molecule has 42 heavy (non-hydrogen) atoms. The molecule has 12 heteroatoms. The highest BCUT2D eigenvalue weighted by Gasteiger charge is 2.59. The number of benzene rings is 4. The molecule has 0 unspecified atom stereocenters. The Morgan fingerprint density at radius 2 is 1.36 bits per heavy atom. The van der Waals surface area contributed by atoms with Crippen molar-refractivity contribution in [2.45, 2.75) is 17.8 Å². The first-order chi connectivity index (χ1) is 20.0. The summed E-state index contributed by atoms with van der Waals surface area (Å²) in [6.45, 7) is 0. The van der Waals surface area contributed by atoms with Crippen LogP contribution in [0, 0.1) is 0 Å². The Morgan fingerprint density at radius 1 is 0.667 bits per heavy atom. The van der Waals surface area contributed by atoms with Crippen molar-refractivity contribution in [3.05, 3.63) is 87.6 Å². The number of ether oxygens (including phenoxy) is 2. The van der Waals surface area contributed by atoms with Gasteiger partial charge in [-0.2, -0.15) is 0 Å². The molecule has 0 spiro atoms. The van der Waals surface area contributed by atoms with Gasteiger partial charge >= 0.3 is 5.79 Å². The van der Waals surface area contributed by atoms with Gasteiger partial charge in [0, 0.05) is 40.5 Å². The van der Waals surface area contributed by atoms with E-state index in [-0.39, 0.29) is 50.8 Å². The molecule has 212 valence electrons. The third kappa shape index (κ3) is 3.29. The summed E-state index contributed by atoms with van der Waals surface area (Å²) < 4.78 is 18.4. The average molecular weight is 572 g/mol. The Hall–Kier alpha value is -5.75. The molecule has 0 aliphatic carbocycles.